The van der Waals surface area contributed by atoms with Crippen LogP contribution < -0.4 is 18.9 Å². The molecular weight excluding hydrogens is 387 g/mol. The molecule has 0 saturated heterocycles. The minimum Gasteiger partial charge on any atom is -0.343 e. The van der Waals surface area contributed by atoms with Gasteiger partial charge in [-0.3, -0.25) is 0 Å². The summed E-state index contributed by atoms with van der Waals surface area (Å²) in [7, 11) is 0. The zero-order chi connectivity index (χ0) is 19.9. The first kappa shape index (κ1) is 26.8. The van der Waals surface area contributed by atoms with Gasteiger partial charge in [-0.1, -0.05) is 113 Å². The summed E-state index contributed by atoms with van der Waals surface area (Å²) in [5.74, 6) is 1.67. The van der Waals surface area contributed by atoms with Crippen LogP contribution in [0.15, 0.2) is 47.6 Å². The van der Waals surface area contributed by atoms with E-state index in [9.17, 15) is 0 Å². The van der Waals surface area contributed by atoms with E-state index in [0.29, 0.717) is 17.8 Å². The fraction of sp³-hybridized carbons (Fsp3) is 0.560. The summed E-state index contributed by atoms with van der Waals surface area (Å²) in [6.07, 6.45) is 5.85. The van der Waals surface area contributed by atoms with Crippen LogP contribution >= 0.6 is 15.9 Å². The number of benzene rings is 1. The van der Waals surface area contributed by atoms with Crippen LogP contribution in [0.3, 0.4) is 0 Å². The van der Waals surface area contributed by atoms with Gasteiger partial charge in [0, 0.05) is 0 Å². The second kappa shape index (κ2) is 12.4. The zero-order valence-corrected chi connectivity index (χ0v) is 20.5. The van der Waals surface area contributed by atoms with E-state index in [1.54, 1.807) is 5.57 Å². The van der Waals surface area contributed by atoms with E-state index in [2.05, 4.69) is 108 Å². The summed E-state index contributed by atoms with van der Waals surface area (Å²) in [4.78, 5) is 0. The molecule has 1 unspecified atom stereocenters. The summed E-state index contributed by atoms with van der Waals surface area (Å²) < 4.78 is 0.0301. The van der Waals surface area contributed by atoms with Gasteiger partial charge in [0.1, 0.15) is 0 Å². The van der Waals surface area contributed by atoms with Gasteiger partial charge in [-0.05, 0) is 40.9 Å². The average Bonchev–Trinajstić information content (AvgIpc) is 2.61. The van der Waals surface area contributed by atoms with Crippen LogP contribution in [-0.4, -0.2) is 4.32 Å². The first-order chi connectivity index (χ1) is 12.2. The van der Waals surface area contributed by atoms with Gasteiger partial charge in [-0.2, -0.15) is 6.42 Å². The van der Waals surface area contributed by atoms with Crippen LogP contribution in [0.25, 0.3) is 5.57 Å². The molecule has 1 aromatic carbocycles. The predicted molar refractivity (Wildman–Crippen MR) is 122 cm³/mol. The second-order valence-electron chi connectivity index (χ2n) is 8.27. The smallest absolute Gasteiger partial charge is 0.343 e. The molecule has 2 heteroatoms. The van der Waals surface area contributed by atoms with Crippen molar-refractivity contribution in [2.24, 2.45) is 17.8 Å². The van der Waals surface area contributed by atoms with E-state index >= 15 is 0 Å². The molecule has 0 nitrogen and oxygen atoms in total. The van der Waals surface area contributed by atoms with Crippen LogP contribution in [0.5, 0.6) is 0 Å². The van der Waals surface area contributed by atoms with Gasteiger partial charge < -0.3 is 6.92 Å². The molecule has 1 aromatic rings. The number of unbranched alkanes of at least 4 members (excludes halogenated alkanes) is 1. The van der Waals surface area contributed by atoms with Gasteiger partial charge in [-0.15, -0.1) is 0 Å². The molecule has 0 saturated carbocycles. The van der Waals surface area contributed by atoms with Crippen LogP contribution in [-0.2, 0) is 0 Å². The van der Waals surface area contributed by atoms with E-state index in [1.807, 2.05) is 0 Å². The molecule has 0 fully saturated rings. The van der Waals surface area contributed by atoms with Crippen LogP contribution in [0.4, 0.5) is 0 Å². The number of hydrogen-bond donors (Lipinski definition) is 0. The molecule has 0 spiro atoms. The Morgan fingerprint density at radius 2 is 1.52 bits per heavy atom. The van der Waals surface area contributed by atoms with E-state index in [4.69, 9.17) is 0 Å². The minimum absolute atomic E-state index is 0. The standard InChI is InChI=1S/C21H29Br.C4H9.Li/c1-14(2)18-12-19(15(3)4)20(17-10-8-7-9-11-17)21(22,13-18)16(5)6;1-3-4-2;/h7-12,14-16H,13H2,1-6H3;1,3-4H2,2H3;/q;-1;+1. The van der Waals surface area contributed by atoms with Crippen molar-refractivity contribution in [2.75, 3.05) is 0 Å². The van der Waals surface area contributed by atoms with Gasteiger partial charge >= 0.3 is 18.9 Å². The molecule has 27 heavy (non-hydrogen) atoms. The molecule has 0 N–H and O–H groups in total. The van der Waals surface area contributed by atoms with E-state index in [1.165, 1.54) is 23.1 Å². The summed E-state index contributed by atoms with van der Waals surface area (Å²) in [5.41, 5.74) is 5.90. The summed E-state index contributed by atoms with van der Waals surface area (Å²) in [6.45, 7) is 19.6. The van der Waals surface area contributed by atoms with Crippen LogP contribution in [0.1, 0.15) is 73.3 Å². The largest absolute Gasteiger partial charge is 1.00 e. The molecule has 0 bridgehead atoms. The van der Waals surface area contributed by atoms with Crippen molar-refractivity contribution in [2.45, 2.75) is 72.1 Å². The Labute approximate surface area is 189 Å². The van der Waals surface area contributed by atoms with Crippen molar-refractivity contribution in [3.8, 4) is 0 Å². The molecular formula is C25H38BrLi. The normalized spacial score (nSPS) is 19.6. The van der Waals surface area contributed by atoms with Crippen molar-refractivity contribution in [3.05, 3.63) is 60.0 Å². The van der Waals surface area contributed by atoms with Crippen LogP contribution in [0, 0.1) is 24.7 Å². The Balaban J connectivity index is 0.00000123. The van der Waals surface area contributed by atoms with Crippen molar-refractivity contribution in [1.82, 2.24) is 0 Å². The summed E-state index contributed by atoms with van der Waals surface area (Å²) in [5, 5.41) is 0. The SMILES string of the molecule is CC(C)C1=CC(C(C)C)=C(c2ccccc2)C(Br)(C(C)C)C1.[CH2-]CCC.[Li+]. The molecule has 0 heterocycles. The van der Waals surface area contributed by atoms with E-state index < -0.39 is 0 Å². The Hall–Kier alpha value is -0.223. The van der Waals surface area contributed by atoms with Crippen molar-refractivity contribution >= 4 is 21.5 Å². The maximum Gasteiger partial charge on any atom is 1.00 e. The Kier molecular flexibility index (Phi) is 12.3. The molecule has 1 aliphatic rings. The minimum atomic E-state index is 0. The second-order valence-corrected chi connectivity index (χ2v) is 9.69. The first-order valence-corrected chi connectivity index (χ1v) is 11.0. The fourth-order valence-corrected chi connectivity index (χ4v) is 4.06. The summed E-state index contributed by atoms with van der Waals surface area (Å²) >= 11 is 4.18. The molecule has 1 atom stereocenters. The molecule has 0 aromatic heterocycles. The van der Waals surface area contributed by atoms with E-state index in [0.717, 1.165) is 12.8 Å². The fourth-order valence-electron chi connectivity index (χ4n) is 3.28. The maximum atomic E-state index is 4.18. The monoisotopic (exact) mass is 424 g/mol. The van der Waals surface area contributed by atoms with E-state index in [-0.39, 0.29) is 23.2 Å². The first-order valence-electron chi connectivity index (χ1n) is 10.2. The number of hydrogen-bond acceptors (Lipinski definition) is 0. The van der Waals surface area contributed by atoms with Gasteiger partial charge in [0.2, 0.25) is 0 Å². The topological polar surface area (TPSA) is 0 Å². The number of allylic oxidation sites excluding steroid dienone is 4. The van der Waals surface area contributed by atoms with Gasteiger partial charge in [0.05, 0.1) is 4.32 Å². The Bertz CT molecular complexity index is 608. The van der Waals surface area contributed by atoms with Gasteiger partial charge in [0.15, 0.2) is 0 Å². The molecule has 0 amide bonds. The number of alkyl halides is 1. The van der Waals surface area contributed by atoms with Crippen molar-refractivity contribution < 1.29 is 18.9 Å². The van der Waals surface area contributed by atoms with Crippen molar-refractivity contribution in [1.29, 1.82) is 0 Å². The Morgan fingerprint density at radius 1 is 1.00 bits per heavy atom. The third-order valence-electron chi connectivity index (χ3n) is 5.20. The third-order valence-corrected chi connectivity index (χ3v) is 6.79. The van der Waals surface area contributed by atoms with Gasteiger partial charge in [0.25, 0.3) is 0 Å². The maximum absolute atomic E-state index is 4.18. The molecule has 0 aliphatic heterocycles. The molecule has 0 radical (unpaired) electrons. The quantitative estimate of drug-likeness (QED) is 0.332. The molecule has 2 rings (SSSR count). The average molecular weight is 425 g/mol. The Morgan fingerprint density at radius 3 is 1.89 bits per heavy atom. The van der Waals surface area contributed by atoms with Crippen LogP contribution in [0.2, 0.25) is 0 Å². The summed E-state index contributed by atoms with van der Waals surface area (Å²) in [6, 6.07) is 10.9. The number of rotatable bonds is 5. The number of halogens is 1. The zero-order valence-electron chi connectivity index (χ0n) is 18.9. The molecule has 146 valence electrons. The van der Waals surface area contributed by atoms with Crippen molar-refractivity contribution in [3.63, 3.8) is 0 Å². The van der Waals surface area contributed by atoms with Gasteiger partial charge in [-0.25, -0.2) is 0 Å². The molecule has 1 aliphatic carbocycles. The third kappa shape index (κ3) is 6.95. The predicted octanol–water partition coefficient (Wildman–Crippen LogP) is 5.50.